The van der Waals surface area contributed by atoms with E-state index in [-0.39, 0.29) is 0 Å². The van der Waals surface area contributed by atoms with E-state index in [0.717, 1.165) is 18.6 Å². The number of hydrogen-bond acceptors (Lipinski definition) is 2. The van der Waals surface area contributed by atoms with E-state index in [1.165, 1.54) is 5.56 Å². The van der Waals surface area contributed by atoms with Crippen LogP contribution in [0.15, 0.2) is 24.3 Å². The monoisotopic (exact) mass is 163 g/mol. The summed E-state index contributed by atoms with van der Waals surface area (Å²) >= 11 is 0. The quantitative estimate of drug-likeness (QED) is 0.631. The highest BCUT2D eigenvalue weighted by molar-refractivity contribution is 5.35. The van der Waals surface area contributed by atoms with Gasteiger partial charge in [-0.25, -0.2) is 0 Å². The molecule has 0 amide bonds. The van der Waals surface area contributed by atoms with Crippen molar-refractivity contribution in [3.05, 3.63) is 36.1 Å². The summed E-state index contributed by atoms with van der Waals surface area (Å²) in [5, 5.41) is 0. The van der Waals surface area contributed by atoms with Crippen LogP contribution in [0, 0.1) is 6.29 Å². The lowest BCUT2D eigenvalue weighted by atomic mass is 10.1. The summed E-state index contributed by atoms with van der Waals surface area (Å²) in [6, 6.07) is 8.05. The first-order valence-corrected chi connectivity index (χ1v) is 4.06. The highest BCUT2D eigenvalue weighted by atomic mass is 16.7. The maximum atomic E-state index is 5.48. The molecule has 1 aliphatic rings. The molecule has 12 heavy (non-hydrogen) atoms. The van der Waals surface area contributed by atoms with Gasteiger partial charge in [0.2, 0.25) is 0 Å². The summed E-state index contributed by atoms with van der Waals surface area (Å²) in [7, 11) is 1.64. The maximum Gasteiger partial charge on any atom is 0.276 e. The van der Waals surface area contributed by atoms with E-state index in [9.17, 15) is 0 Å². The van der Waals surface area contributed by atoms with Gasteiger partial charge >= 0.3 is 0 Å². The summed E-state index contributed by atoms with van der Waals surface area (Å²) < 4.78 is 10.5. The molecule has 1 aliphatic heterocycles. The third-order valence-corrected chi connectivity index (χ3v) is 2.02. The fraction of sp³-hybridized carbons (Fsp3) is 0.300. The average molecular weight is 163 g/mol. The zero-order valence-corrected chi connectivity index (χ0v) is 7.04. The average Bonchev–Trinajstić information content (AvgIpc) is 2.17. The summed E-state index contributed by atoms with van der Waals surface area (Å²) in [4.78, 5) is 0. The number of fused-ring (bicyclic) bond motifs is 1. The number of ether oxygens (including phenoxy) is 2. The number of methoxy groups -OCH3 is 1. The molecule has 0 N–H and O–H groups in total. The Bertz CT molecular complexity index is 270. The normalized spacial score (nSPS) is 16.8. The van der Waals surface area contributed by atoms with Crippen molar-refractivity contribution in [1.82, 2.24) is 0 Å². The molecule has 1 aromatic carbocycles. The number of para-hydroxylation sites is 1. The third-order valence-electron chi connectivity index (χ3n) is 2.02. The zero-order valence-electron chi connectivity index (χ0n) is 7.04. The van der Waals surface area contributed by atoms with Crippen LogP contribution in [0.1, 0.15) is 12.0 Å². The molecule has 63 valence electrons. The van der Waals surface area contributed by atoms with Crippen LogP contribution in [0.2, 0.25) is 0 Å². The van der Waals surface area contributed by atoms with Crippen LogP contribution in [0.5, 0.6) is 5.75 Å². The molecule has 0 atom stereocenters. The Hall–Kier alpha value is -1.02. The molecule has 0 fully saturated rings. The number of hydrogen-bond donors (Lipinski definition) is 0. The van der Waals surface area contributed by atoms with Crippen molar-refractivity contribution in [2.75, 3.05) is 7.11 Å². The van der Waals surface area contributed by atoms with E-state index in [0.29, 0.717) is 6.29 Å². The second-order valence-electron chi connectivity index (χ2n) is 2.79. The van der Waals surface area contributed by atoms with Gasteiger partial charge in [-0.1, -0.05) is 18.2 Å². The van der Waals surface area contributed by atoms with Gasteiger partial charge in [0.1, 0.15) is 5.75 Å². The molecule has 2 heteroatoms. The van der Waals surface area contributed by atoms with Gasteiger partial charge in [0.15, 0.2) is 0 Å². The molecular weight excluding hydrogens is 152 g/mol. The van der Waals surface area contributed by atoms with Crippen LogP contribution in [-0.4, -0.2) is 7.11 Å². The van der Waals surface area contributed by atoms with Gasteiger partial charge in [0.25, 0.3) is 6.29 Å². The van der Waals surface area contributed by atoms with Crippen molar-refractivity contribution in [1.29, 1.82) is 0 Å². The molecule has 1 heterocycles. The Morgan fingerprint density at radius 3 is 2.92 bits per heavy atom. The van der Waals surface area contributed by atoms with E-state index in [1.54, 1.807) is 7.11 Å². The SMILES string of the molecule is CO[C]1CCc2ccccc2O1. The minimum atomic E-state index is 0.716. The molecule has 2 rings (SSSR count). The Labute approximate surface area is 72.1 Å². The minimum Gasteiger partial charge on any atom is -0.455 e. The summed E-state index contributed by atoms with van der Waals surface area (Å²) in [5.41, 5.74) is 1.26. The van der Waals surface area contributed by atoms with E-state index in [2.05, 4.69) is 6.07 Å². The molecular formula is C10H11O2. The van der Waals surface area contributed by atoms with Gasteiger partial charge in [-0.05, 0) is 18.1 Å². The van der Waals surface area contributed by atoms with Crippen LogP contribution in [0.4, 0.5) is 0 Å². The van der Waals surface area contributed by atoms with Crippen LogP contribution in [0.3, 0.4) is 0 Å². The molecule has 2 nitrogen and oxygen atoms in total. The summed E-state index contributed by atoms with van der Waals surface area (Å²) in [6.45, 7) is 0. The second kappa shape index (κ2) is 3.15. The van der Waals surface area contributed by atoms with Crippen molar-refractivity contribution in [2.24, 2.45) is 0 Å². The molecule has 0 spiro atoms. The fourth-order valence-corrected chi connectivity index (χ4v) is 1.36. The van der Waals surface area contributed by atoms with Gasteiger partial charge < -0.3 is 9.47 Å². The maximum absolute atomic E-state index is 5.48. The zero-order chi connectivity index (χ0) is 8.39. The van der Waals surface area contributed by atoms with Crippen LogP contribution >= 0.6 is 0 Å². The van der Waals surface area contributed by atoms with Gasteiger partial charge in [-0.3, -0.25) is 0 Å². The number of rotatable bonds is 1. The van der Waals surface area contributed by atoms with Crippen LogP contribution < -0.4 is 4.74 Å². The molecule has 0 saturated carbocycles. The van der Waals surface area contributed by atoms with Crippen molar-refractivity contribution in [3.8, 4) is 5.75 Å². The predicted molar refractivity (Wildman–Crippen MR) is 45.6 cm³/mol. The van der Waals surface area contributed by atoms with E-state index in [4.69, 9.17) is 9.47 Å². The van der Waals surface area contributed by atoms with Gasteiger partial charge in [-0.2, -0.15) is 0 Å². The Morgan fingerprint density at radius 2 is 2.08 bits per heavy atom. The van der Waals surface area contributed by atoms with Crippen molar-refractivity contribution in [3.63, 3.8) is 0 Å². The van der Waals surface area contributed by atoms with E-state index >= 15 is 0 Å². The first kappa shape index (κ1) is 7.62. The lowest BCUT2D eigenvalue weighted by Gasteiger charge is -2.22. The predicted octanol–water partition coefficient (Wildman–Crippen LogP) is 2.15. The second-order valence-corrected chi connectivity index (χ2v) is 2.79. The Morgan fingerprint density at radius 1 is 1.25 bits per heavy atom. The Balaban J connectivity index is 2.23. The topological polar surface area (TPSA) is 18.5 Å². The molecule has 0 aliphatic carbocycles. The minimum absolute atomic E-state index is 0.716. The first-order chi connectivity index (χ1) is 5.90. The van der Waals surface area contributed by atoms with Gasteiger partial charge in [-0.15, -0.1) is 0 Å². The first-order valence-electron chi connectivity index (χ1n) is 4.06. The van der Waals surface area contributed by atoms with Crippen LogP contribution in [-0.2, 0) is 11.2 Å². The van der Waals surface area contributed by atoms with E-state index in [1.807, 2.05) is 18.2 Å². The molecule has 0 bridgehead atoms. The number of aryl methyl sites for hydroxylation is 1. The molecule has 1 aromatic rings. The molecule has 0 saturated heterocycles. The largest absolute Gasteiger partial charge is 0.455 e. The van der Waals surface area contributed by atoms with Crippen LogP contribution in [0.25, 0.3) is 0 Å². The molecule has 0 unspecified atom stereocenters. The number of benzene rings is 1. The highest BCUT2D eigenvalue weighted by Gasteiger charge is 2.19. The fourth-order valence-electron chi connectivity index (χ4n) is 1.36. The third kappa shape index (κ3) is 1.30. The van der Waals surface area contributed by atoms with Crippen molar-refractivity contribution in [2.45, 2.75) is 12.8 Å². The van der Waals surface area contributed by atoms with Crippen molar-refractivity contribution >= 4 is 0 Å². The van der Waals surface area contributed by atoms with Crippen molar-refractivity contribution < 1.29 is 9.47 Å². The Kier molecular flexibility index (Phi) is 2.00. The standard InChI is InChI=1S/C10H11O2/c1-11-10-7-6-8-4-2-3-5-9(8)12-10/h2-5H,6-7H2,1H3. The van der Waals surface area contributed by atoms with Gasteiger partial charge in [0, 0.05) is 13.5 Å². The summed E-state index contributed by atoms with van der Waals surface area (Å²) in [5.74, 6) is 0.931. The van der Waals surface area contributed by atoms with E-state index < -0.39 is 0 Å². The van der Waals surface area contributed by atoms with Gasteiger partial charge in [0.05, 0.1) is 0 Å². The molecule has 1 radical (unpaired) electrons. The lowest BCUT2D eigenvalue weighted by Crippen LogP contribution is -2.15. The highest BCUT2D eigenvalue weighted by Crippen LogP contribution is 2.30. The smallest absolute Gasteiger partial charge is 0.276 e. The lowest BCUT2D eigenvalue weighted by molar-refractivity contribution is 0.0402. The summed E-state index contributed by atoms with van der Waals surface area (Å²) in [6.07, 6.45) is 2.60. The molecule has 0 aromatic heterocycles.